The molecule has 1 unspecified atom stereocenters. The van der Waals surface area contributed by atoms with Crippen molar-refractivity contribution >= 4 is 29.3 Å². The standard InChI is InChI=1S/C17H23ClN2O3/c1-11-5-6-13(9-14(11)18)19-15(21)12-7-8-20(10-12)16(22)23-17(2,3)4/h5-6,9,12H,7-8,10H2,1-4H3,(H,19,21). The third-order valence-corrected chi connectivity index (χ3v) is 4.06. The van der Waals surface area contributed by atoms with Crippen molar-refractivity contribution in [2.45, 2.75) is 39.7 Å². The molecular weight excluding hydrogens is 316 g/mol. The topological polar surface area (TPSA) is 58.6 Å². The fourth-order valence-electron chi connectivity index (χ4n) is 2.38. The van der Waals surface area contributed by atoms with Crippen LogP contribution in [0.15, 0.2) is 18.2 Å². The number of rotatable bonds is 2. The predicted octanol–water partition coefficient (Wildman–Crippen LogP) is 3.84. The van der Waals surface area contributed by atoms with E-state index in [1.807, 2.05) is 39.8 Å². The lowest BCUT2D eigenvalue weighted by Crippen LogP contribution is -2.36. The number of amides is 2. The van der Waals surface area contributed by atoms with Gasteiger partial charge in [0.1, 0.15) is 5.60 Å². The lowest BCUT2D eigenvalue weighted by molar-refractivity contribution is -0.119. The van der Waals surface area contributed by atoms with Crippen molar-refractivity contribution in [2.24, 2.45) is 5.92 Å². The number of nitrogens with one attached hydrogen (secondary N) is 1. The summed E-state index contributed by atoms with van der Waals surface area (Å²) in [6, 6.07) is 5.41. The number of anilines is 1. The highest BCUT2D eigenvalue weighted by Crippen LogP contribution is 2.23. The minimum absolute atomic E-state index is 0.101. The number of carbonyl (C=O) groups is 2. The minimum Gasteiger partial charge on any atom is -0.444 e. The largest absolute Gasteiger partial charge is 0.444 e. The Labute approximate surface area is 141 Å². The molecule has 0 aliphatic carbocycles. The first-order valence-electron chi connectivity index (χ1n) is 7.70. The highest BCUT2D eigenvalue weighted by atomic mass is 35.5. The Morgan fingerprint density at radius 1 is 1.35 bits per heavy atom. The summed E-state index contributed by atoms with van der Waals surface area (Å²) in [5.41, 5.74) is 1.10. The van der Waals surface area contributed by atoms with Crippen molar-refractivity contribution in [1.82, 2.24) is 4.90 Å². The SMILES string of the molecule is Cc1ccc(NC(=O)C2CCN(C(=O)OC(C)(C)C)C2)cc1Cl. The molecule has 126 valence electrons. The number of carbonyl (C=O) groups excluding carboxylic acids is 2. The first-order valence-corrected chi connectivity index (χ1v) is 8.08. The number of benzene rings is 1. The second-order valence-electron chi connectivity index (χ2n) is 6.87. The summed E-state index contributed by atoms with van der Waals surface area (Å²) in [6.45, 7) is 8.29. The van der Waals surface area contributed by atoms with E-state index in [4.69, 9.17) is 16.3 Å². The van der Waals surface area contributed by atoms with Gasteiger partial charge in [0.25, 0.3) is 0 Å². The van der Waals surface area contributed by atoms with Crippen molar-refractivity contribution < 1.29 is 14.3 Å². The Morgan fingerprint density at radius 2 is 2.04 bits per heavy atom. The van der Waals surface area contributed by atoms with Crippen LogP contribution in [0.5, 0.6) is 0 Å². The summed E-state index contributed by atoms with van der Waals surface area (Å²) in [5, 5.41) is 3.47. The number of nitrogens with zero attached hydrogens (tertiary/aromatic N) is 1. The smallest absolute Gasteiger partial charge is 0.410 e. The van der Waals surface area contributed by atoms with Gasteiger partial charge in [-0.15, -0.1) is 0 Å². The number of hydrogen-bond acceptors (Lipinski definition) is 3. The quantitative estimate of drug-likeness (QED) is 0.891. The highest BCUT2D eigenvalue weighted by molar-refractivity contribution is 6.31. The zero-order valence-corrected chi connectivity index (χ0v) is 14.7. The van der Waals surface area contributed by atoms with Crippen molar-refractivity contribution in [3.05, 3.63) is 28.8 Å². The zero-order chi connectivity index (χ0) is 17.2. The molecular formula is C17H23ClN2O3. The molecule has 1 fully saturated rings. The summed E-state index contributed by atoms with van der Waals surface area (Å²) in [6.07, 6.45) is 0.260. The summed E-state index contributed by atoms with van der Waals surface area (Å²) in [4.78, 5) is 25.9. The first kappa shape index (κ1) is 17.6. The monoisotopic (exact) mass is 338 g/mol. The molecule has 1 saturated heterocycles. The summed E-state index contributed by atoms with van der Waals surface area (Å²) < 4.78 is 5.33. The molecule has 1 aliphatic heterocycles. The molecule has 1 aromatic rings. The van der Waals surface area contributed by atoms with E-state index in [2.05, 4.69) is 5.32 Å². The van der Waals surface area contributed by atoms with Gasteiger partial charge in [0.15, 0.2) is 0 Å². The molecule has 1 aromatic carbocycles. The Balaban J connectivity index is 1.92. The Hall–Kier alpha value is -1.75. The third kappa shape index (κ3) is 4.86. The van der Waals surface area contributed by atoms with E-state index >= 15 is 0 Å². The van der Waals surface area contributed by atoms with Crippen LogP contribution >= 0.6 is 11.6 Å². The van der Waals surface area contributed by atoms with Crippen LogP contribution in [0.2, 0.25) is 5.02 Å². The predicted molar refractivity (Wildman–Crippen MR) is 90.7 cm³/mol. The molecule has 23 heavy (non-hydrogen) atoms. The summed E-state index contributed by atoms with van der Waals surface area (Å²) in [5.74, 6) is -0.335. The molecule has 1 aliphatic rings. The van der Waals surface area contributed by atoms with Crippen LogP contribution in [0.1, 0.15) is 32.8 Å². The second-order valence-corrected chi connectivity index (χ2v) is 7.27. The Kier molecular flexibility index (Phi) is 5.19. The normalized spacial score (nSPS) is 18.0. The maximum Gasteiger partial charge on any atom is 0.410 e. The van der Waals surface area contributed by atoms with Gasteiger partial charge in [-0.2, -0.15) is 0 Å². The molecule has 0 spiro atoms. The van der Waals surface area contributed by atoms with Crippen LogP contribution in [0.3, 0.4) is 0 Å². The zero-order valence-electron chi connectivity index (χ0n) is 14.0. The van der Waals surface area contributed by atoms with Gasteiger partial charge >= 0.3 is 6.09 Å². The molecule has 0 aromatic heterocycles. The van der Waals surface area contributed by atoms with Crippen molar-refractivity contribution in [3.8, 4) is 0 Å². The third-order valence-electron chi connectivity index (χ3n) is 3.65. The van der Waals surface area contributed by atoms with E-state index < -0.39 is 5.60 Å². The van der Waals surface area contributed by atoms with Crippen LogP contribution in [-0.4, -0.2) is 35.6 Å². The molecule has 1 atom stereocenters. The molecule has 2 rings (SSSR count). The van der Waals surface area contributed by atoms with Gasteiger partial charge in [-0.25, -0.2) is 4.79 Å². The lowest BCUT2D eigenvalue weighted by Gasteiger charge is -2.24. The molecule has 5 nitrogen and oxygen atoms in total. The first-order chi connectivity index (χ1) is 10.7. The molecule has 2 amide bonds. The van der Waals surface area contributed by atoms with E-state index in [9.17, 15) is 9.59 Å². The van der Waals surface area contributed by atoms with E-state index in [0.29, 0.717) is 30.2 Å². The lowest BCUT2D eigenvalue weighted by atomic mass is 10.1. The number of hydrogen-bond donors (Lipinski definition) is 1. The van der Waals surface area contributed by atoms with E-state index in [1.165, 1.54) is 0 Å². The molecule has 6 heteroatoms. The summed E-state index contributed by atoms with van der Waals surface area (Å²) >= 11 is 6.06. The van der Waals surface area contributed by atoms with E-state index in [1.54, 1.807) is 11.0 Å². The average molecular weight is 339 g/mol. The van der Waals surface area contributed by atoms with Crippen LogP contribution in [-0.2, 0) is 9.53 Å². The van der Waals surface area contributed by atoms with Crippen LogP contribution < -0.4 is 5.32 Å². The highest BCUT2D eigenvalue weighted by Gasteiger charge is 2.33. The molecule has 0 radical (unpaired) electrons. The molecule has 0 bridgehead atoms. The van der Waals surface area contributed by atoms with Crippen molar-refractivity contribution in [1.29, 1.82) is 0 Å². The maximum absolute atomic E-state index is 12.3. The Bertz CT molecular complexity index is 610. The number of aryl methyl sites for hydroxylation is 1. The maximum atomic E-state index is 12.3. The second kappa shape index (κ2) is 6.79. The molecule has 1 heterocycles. The van der Waals surface area contributed by atoms with Crippen molar-refractivity contribution in [3.63, 3.8) is 0 Å². The average Bonchev–Trinajstić information content (AvgIpc) is 2.91. The Morgan fingerprint density at radius 3 is 2.65 bits per heavy atom. The van der Waals surface area contributed by atoms with Crippen LogP contribution in [0, 0.1) is 12.8 Å². The van der Waals surface area contributed by atoms with Crippen LogP contribution in [0.25, 0.3) is 0 Å². The summed E-state index contributed by atoms with van der Waals surface area (Å²) in [7, 11) is 0. The molecule has 0 saturated carbocycles. The van der Waals surface area contributed by atoms with Gasteiger partial charge in [-0.3, -0.25) is 4.79 Å². The van der Waals surface area contributed by atoms with Gasteiger partial charge < -0.3 is 15.0 Å². The fraction of sp³-hybridized carbons (Fsp3) is 0.529. The van der Waals surface area contributed by atoms with Crippen molar-refractivity contribution in [2.75, 3.05) is 18.4 Å². The van der Waals surface area contributed by atoms with Crippen LogP contribution in [0.4, 0.5) is 10.5 Å². The van der Waals surface area contributed by atoms with E-state index in [-0.39, 0.29) is 17.9 Å². The van der Waals surface area contributed by atoms with E-state index in [0.717, 1.165) is 5.56 Å². The minimum atomic E-state index is -0.532. The van der Waals surface area contributed by atoms with Gasteiger partial charge in [0.2, 0.25) is 5.91 Å². The molecule has 1 N–H and O–H groups in total. The van der Waals surface area contributed by atoms with Gasteiger partial charge in [-0.05, 0) is 51.8 Å². The van der Waals surface area contributed by atoms with Gasteiger partial charge in [-0.1, -0.05) is 17.7 Å². The fourth-order valence-corrected chi connectivity index (χ4v) is 2.56. The number of likely N-dealkylation sites (tertiary alicyclic amines) is 1. The van der Waals surface area contributed by atoms with Gasteiger partial charge in [0, 0.05) is 23.8 Å². The van der Waals surface area contributed by atoms with Gasteiger partial charge in [0.05, 0.1) is 5.92 Å². The number of ether oxygens (including phenoxy) is 1. The number of halogens is 1.